The van der Waals surface area contributed by atoms with Crippen molar-refractivity contribution < 1.29 is 18.7 Å². The third-order valence-corrected chi connectivity index (χ3v) is 8.68. The first-order chi connectivity index (χ1) is 18.7. The molecule has 4 fully saturated rings. The Morgan fingerprint density at radius 2 is 1.89 bits per heavy atom. The fourth-order valence-electron chi connectivity index (χ4n) is 5.93. The zero-order chi connectivity index (χ0) is 25.9. The summed E-state index contributed by atoms with van der Waals surface area (Å²) in [4.78, 5) is 15.5. The van der Waals surface area contributed by atoms with E-state index < -0.39 is 0 Å². The molecule has 2 aromatic rings. The van der Waals surface area contributed by atoms with Gasteiger partial charge in [0.1, 0.15) is 5.02 Å². The number of nitrogens with zero attached hydrogens (tertiary/aromatic N) is 4. The lowest BCUT2D eigenvalue weighted by Crippen LogP contribution is -2.46. The standard InChI is InChI=1S/C27H38ClN5O5/c28-26-24(29-13-18-2-1-9-35-16-18)14-30-33(27(26)34)21-7-5-20(6-8-21)32(15-22-17-36-10-11-37-22)25-12-23(31-38-25)19-3-4-19/h12,14,18-22,29H,1-11,13,15-17H2. The molecule has 1 N–H and O–H groups in total. The van der Waals surface area contributed by atoms with Gasteiger partial charge in [0.25, 0.3) is 5.56 Å². The van der Waals surface area contributed by atoms with Gasteiger partial charge in [-0.2, -0.15) is 5.10 Å². The van der Waals surface area contributed by atoms with Crippen molar-refractivity contribution in [1.82, 2.24) is 14.9 Å². The molecule has 0 bridgehead atoms. The van der Waals surface area contributed by atoms with Gasteiger partial charge in [0, 0.05) is 37.7 Å². The lowest BCUT2D eigenvalue weighted by Gasteiger charge is -2.38. The van der Waals surface area contributed by atoms with Crippen molar-refractivity contribution in [3.8, 4) is 0 Å². The molecule has 2 aliphatic heterocycles. The highest BCUT2D eigenvalue weighted by Crippen LogP contribution is 2.41. The lowest BCUT2D eigenvalue weighted by atomic mass is 9.90. The Labute approximate surface area is 227 Å². The van der Waals surface area contributed by atoms with Crippen LogP contribution in [0.25, 0.3) is 0 Å². The van der Waals surface area contributed by atoms with Crippen LogP contribution in [0.1, 0.15) is 69.0 Å². The first kappa shape index (κ1) is 26.1. The Bertz CT molecular complexity index is 1120. The van der Waals surface area contributed by atoms with Crippen molar-refractivity contribution in [2.24, 2.45) is 5.92 Å². The Hall–Kier alpha value is -2.14. The van der Waals surface area contributed by atoms with Crippen LogP contribution in [-0.4, -0.2) is 73.2 Å². The average Bonchev–Trinajstić information content (AvgIpc) is 3.70. The molecule has 208 valence electrons. The predicted octanol–water partition coefficient (Wildman–Crippen LogP) is 4.01. The monoisotopic (exact) mass is 547 g/mol. The summed E-state index contributed by atoms with van der Waals surface area (Å²) in [7, 11) is 0. The number of hydrogen-bond donors (Lipinski definition) is 1. The van der Waals surface area contributed by atoms with E-state index in [2.05, 4.69) is 26.5 Å². The van der Waals surface area contributed by atoms with Crippen LogP contribution in [0, 0.1) is 5.92 Å². The normalized spacial score (nSPS) is 28.2. The molecule has 2 atom stereocenters. The fraction of sp³-hybridized carbons (Fsp3) is 0.741. The minimum atomic E-state index is -0.228. The van der Waals surface area contributed by atoms with Crippen LogP contribution in [-0.2, 0) is 14.2 Å². The van der Waals surface area contributed by atoms with Crippen LogP contribution >= 0.6 is 11.6 Å². The Morgan fingerprint density at radius 3 is 2.63 bits per heavy atom. The summed E-state index contributed by atoms with van der Waals surface area (Å²) in [6.07, 6.45) is 9.74. The number of aromatic nitrogens is 3. The van der Waals surface area contributed by atoms with Gasteiger partial charge in [0.05, 0.1) is 56.2 Å². The van der Waals surface area contributed by atoms with E-state index in [1.165, 1.54) is 12.8 Å². The van der Waals surface area contributed by atoms with Gasteiger partial charge in [-0.1, -0.05) is 16.8 Å². The van der Waals surface area contributed by atoms with Gasteiger partial charge in [-0.05, 0) is 57.3 Å². The van der Waals surface area contributed by atoms with E-state index in [-0.39, 0.29) is 28.8 Å². The topological polar surface area (TPSA) is 104 Å². The molecule has 2 unspecified atom stereocenters. The van der Waals surface area contributed by atoms with Gasteiger partial charge >= 0.3 is 0 Å². The Morgan fingerprint density at radius 1 is 1.05 bits per heavy atom. The number of halogens is 1. The van der Waals surface area contributed by atoms with Crippen molar-refractivity contribution in [2.75, 3.05) is 56.3 Å². The molecule has 11 heteroatoms. The molecule has 0 radical (unpaired) electrons. The lowest BCUT2D eigenvalue weighted by molar-refractivity contribution is -0.0849. The van der Waals surface area contributed by atoms with E-state index in [0.717, 1.165) is 69.9 Å². The van der Waals surface area contributed by atoms with Crippen molar-refractivity contribution >= 4 is 23.2 Å². The zero-order valence-electron chi connectivity index (χ0n) is 21.9. The molecule has 0 amide bonds. The summed E-state index contributed by atoms with van der Waals surface area (Å²) < 4.78 is 24.6. The minimum absolute atomic E-state index is 0.000687. The second-order valence-electron chi connectivity index (χ2n) is 11.1. The third-order valence-electron chi connectivity index (χ3n) is 8.31. The summed E-state index contributed by atoms with van der Waals surface area (Å²) in [6.45, 7) is 4.84. The fourth-order valence-corrected chi connectivity index (χ4v) is 6.13. The molecular weight excluding hydrogens is 510 g/mol. The summed E-state index contributed by atoms with van der Waals surface area (Å²) in [5.74, 6) is 1.77. The van der Waals surface area contributed by atoms with E-state index >= 15 is 0 Å². The highest BCUT2D eigenvalue weighted by molar-refractivity contribution is 6.32. The molecule has 2 saturated heterocycles. The first-order valence-corrected chi connectivity index (χ1v) is 14.5. The number of nitrogens with one attached hydrogen (secondary N) is 1. The largest absolute Gasteiger partial charge is 0.382 e. The second-order valence-corrected chi connectivity index (χ2v) is 11.5. The van der Waals surface area contributed by atoms with E-state index in [4.69, 9.17) is 30.3 Å². The number of anilines is 2. The molecule has 2 aromatic heterocycles. The van der Waals surface area contributed by atoms with Gasteiger partial charge < -0.3 is 29.0 Å². The van der Waals surface area contributed by atoms with Crippen molar-refractivity contribution in [3.63, 3.8) is 0 Å². The molecule has 0 aromatic carbocycles. The summed E-state index contributed by atoms with van der Waals surface area (Å²) >= 11 is 6.52. The van der Waals surface area contributed by atoms with E-state index in [0.29, 0.717) is 43.9 Å². The number of rotatable bonds is 9. The molecule has 0 spiro atoms. The highest BCUT2D eigenvalue weighted by Gasteiger charge is 2.34. The Balaban J connectivity index is 1.10. The molecule has 6 rings (SSSR count). The molecule has 4 heterocycles. The predicted molar refractivity (Wildman–Crippen MR) is 143 cm³/mol. The van der Waals surface area contributed by atoms with Crippen LogP contribution in [0.2, 0.25) is 5.02 Å². The van der Waals surface area contributed by atoms with Gasteiger partial charge in [-0.15, -0.1) is 0 Å². The third kappa shape index (κ3) is 6.03. The molecule has 38 heavy (non-hydrogen) atoms. The van der Waals surface area contributed by atoms with Gasteiger partial charge in [0.15, 0.2) is 0 Å². The second kappa shape index (κ2) is 11.9. The number of hydrogen-bond acceptors (Lipinski definition) is 9. The zero-order valence-corrected chi connectivity index (χ0v) is 22.6. The van der Waals surface area contributed by atoms with Crippen LogP contribution in [0.4, 0.5) is 11.6 Å². The first-order valence-electron chi connectivity index (χ1n) is 14.2. The van der Waals surface area contributed by atoms with E-state index in [1.54, 1.807) is 10.9 Å². The highest BCUT2D eigenvalue weighted by atomic mass is 35.5. The minimum Gasteiger partial charge on any atom is -0.382 e. The SMILES string of the molecule is O=c1c(Cl)c(NCC2CCCOC2)cnn1C1CCC(N(CC2COCCO2)c2cc(C3CC3)no2)CC1. The summed E-state index contributed by atoms with van der Waals surface area (Å²) in [6, 6.07) is 2.39. The maximum Gasteiger partial charge on any atom is 0.287 e. The van der Waals surface area contributed by atoms with Crippen LogP contribution in [0.3, 0.4) is 0 Å². The van der Waals surface area contributed by atoms with Gasteiger partial charge in [-0.3, -0.25) is 4.79 Å². The molecule has 2 aliphatic carbocycles. The number of ether oxygens (including phenoxy) is 3. The van der Waals surface area contributed by atoms with Crippen molar-refractivity contribution in [2.45, 2.75) is 75.5 Å². The van der Waals surface area contributed by atoms with Gasteiger partial charge in [0.2, 0.25) is 5.88 Å². The summed E-state index contributed by atoms with van der Waals surface area (Å²) in [5, 5.41) is 12.4. The molecule has 10 nitrogen and oxygen atoms in total. The van der Waals surface area contributed by atoms with Crippen molar-refractivity contribution in [3.05, 3.63) is 33.3 Å². The average molecular weight is 548 g/mol. The van der Waals surface area contributed by atoms with Crippen LogP contribution < -0.4 is 15.8 Å². The maximum atomic E-state index is 13.2. The Kier molecular flexibility index (Phi) is 8.20. The molecule has 2 saturated carbocycles. The maximum absolute atomic E-state index is 13.2. The van der Waals surface area contributed by atoms with Gasteiger partial charge in [-0.25, -0.2) is 4.68 Å². The van der Waals surface area contributed by atoms with Crippen LogP contribution in [0.15, 0.2) is 21.6 Å². The quantitative estimate of drug-likeness (QED) is 0.498. The molecule has 4 aliphatic rings. The molecular formula is C27H38ClN5O5. The summed E-state index contributed by atoms with van der Waals surface area (Å²) in [5.41, 5.74) is 1.42. The van der Waals surface area contributed by atoms with E-state index in [1.807, 2.05) is 0 Å². The van der Waals surface area contributed by atoms with Crippen LogP contribution in [0.5, 0.6) is 0 Å². The smallest absolute Gasteiger partial charge is 0.287 e. The van der Waals surface area contributed by atoms with Crippen molar-refractivity contribution in [1.29, 1.82) is 0 Å². The van der Waals surface area contributed by atoms with E-state index in [9.17, 15) is 4.79 Å².